The normalized spacial score (nSPS) is 27.0. The van der Waals surface area contributed by atoms with E-state index in [1.807, 2.05) is 0 Å². The Bertz CT molecular complexity index is 118. The first-order valence-electron chi connectivity index (χ1n) is 4.99. The molecule has 0 aromatic heterocycles. The molecule has 1 fully saturated rings. The first kappa shape index (κ1) is 10.0. The van der Waals surface area contributed by atoms with Crippen molar-refractivity contribution in [1.82, 2.24) is 0 Å². The smallest absolute Gasteiger partial charge is 0.0567 e. The fraction of sp³-hybridized carbons (Fsp3) is 1.00. The van der Waals surface area contributed by atoms with E-state index in [2.05, 4.69) is 0 Å². The summed E-state index contributed by atoms with van der Waals surface area (Å²) in [5.74, 6) is 0.637. The Morgan fingerprint density at radius 3 is 1.75 bits per heavy atom. The van der Waals surface area contributed by atoms with Crippen LogP contribution in [0.5, 0.6) is 0 Å². The quantitative estimate of drug-likeness (QED) is 0.678. The van der Waals surface area contributed by atoms with E-state index in [0.29, 0.717) is 5.92 Å². The standard InChI is InChI=1S/C10H20O2/c1-7(11)10(8(2)12)9-5-3-4-6-9/h7-12H,3-6H2,1-2H3. The van der Waals surface area contributed by atoms with Gasteiger partial charge >= 0.3 is 0 Å². The van der Waals surface area contributed by atoms with Crippen LogP contribution in [0.4, 0.5) is 0 Å². The van der Waals surface area contributed by atoms with Crippen LogP contribution in [-0.4, -0.2) is 22.4 Å². The summed E-state index contributed by atoms with van der Waals surface area (Å²) in [6, 6.07) is 0. The maximum Gasteiger partial charge on any atom is 0.0567 e. The van der Waals surface area contributed by atoms with Gasteiger partial charge in [-0.05, 0) is 32.6 Å². The molecule has 2 nitrogen and oxygen atoms in total. The molecule has 2 unspecified atom stereocenters. The lowest BCUT2D eigenvalue weighted by Crippen LogP contribution is -2.33. The molecule has 0 heterocycles. The van der Waals surface area contributed by atoms with Crippen molar-refractivity contribution in [2.24, 2.45) is 11.8 Å². The summed E-state index contributed by atoms with van der Waals surface area (Å²) in [5, 5.41) is 19.0. The Kier molecular flexibility index (Phi) is 3.53. The molecule has 0 aromatic rings. The van der Waals surface area contributed by atoms with Crippen molar-refractivity contribution in [2.45, 2.75) is 51.7 Å². The van der Waals surface area contributed by atoms with E-state index in [1.165, 1.54) is 25.7 Å². The van der Waals surface area contributed by atoms with Crippen LogP contribution in [0, 0.1) is 11.8 Å². The van der Waals surface area contributed by atoms with Crippen LogP contribution in [0.25, 0.3) is 0 Å². The molecule has 0 aliphatic heterocycles. The molecule has 0 aromatic carbocycles. The van der Waals surface area contributed by atoms with Gasteiger partial charge in [-0.25, -0.2) is 0 Å². The maximum absolute atomic E-state index is 9.48. The second kappa shape index (κ2) is 4.24. The Balaban J connectivity index is 2.52. The molecule has 1 saturated carbocycles. The van der Waals surface area contributed by atoms with Gasteiger partial charge in [0.05, 0.1) is 12.2 Å². The summed E-state index contributed by atoms with van der Waals surface area (Å²) in [5.41, 5.74) is 0. The monoisotopic (exact) mass is 172 g/mol. The van der Waals surface area contributed by atoms with Crippen LogP contribution in [-0.2, 0) is 0 Å². The van der Waals surface area contributed by atoms with Crippen molar-refractivity contribution in [3.63, 3.8) is 0 Å². The minimum atomic E-state index is -0.368. The molecule has 0 spiro atoms. The minimum absolute atomic E-state index is 0.0903. The molecule has 1 aliphatic rings. The molecule has 2 N–H and O–H groups in total. The number of hydrogen-bond acceptors (Lipinski definition) is 2. The third kappa shape index (κ3) is 2.20. The largest absolute Gasteiger partial charge is 0.393 e. The first-order chi connectivity index (χ1) is 5.63. The van der Waals surface area contributed by atoms with Gasteiger partial charge in [-0.15, -0.1) is 0 Å². The van der Waals surface area contributed by atoms with Crippen LogP contribution in [0.2, 0.25) is 0 Å². The van der Waals surface area contributed by atoms with Crippen LogP contribution in [0.1, 0.15) is 39.5 Å². The van der Waals surface area contributed by atoms with Gasteiger partial charge in [-0.2, -0.15) is 0 Å². The molecule has 1 aliphatic carbocycles. The van der Waals surface area contributed by atoms with E-state index in [-0.39, 0.29) is 18.1 Å². The number of rotatable bonds is 3. The summed E-state index contributed by atoms with van der Waals surface area (Å²) in [7, 11) is 0. The highest BCUT2D eigenvalue weighted by atomic mass is 16.3. The van der Waals surface area contributed by atoms with E-state index in [1.54, 1.807) is 13.8 Å². The van der Waals surface area contributed by atoms with E-state index in [0.717, 1.165) is 0 Å². The lowest BCUT2D eigenvalue weighted by atomic mass is 9.83. The number of aliphatic hydroxyl groups excluding tert-OH is 2. The van der Waals surface area contributed by atoms with Gasteiger partial charge in [0.1, 0.15) is 0 Å². The third-order valence-corrected chi connectivity index (χ3v) is 3.06. The number of aliphatic hydroxyl groups is 2. The van der Waals surface area contributed by atoms with Gasteiger partial charge in [0.25, 0.3) is 0 Å². The average Bonchev–Trinajstić information content (AvgIpc) is 2.37. The third-order valence-electron chi connectivity index (χ3n) is 3.06. The second-order valence-electron chi connectivity index (χ2n) is 4.10. The van der Waals surface area contributed by atoms with E-state index < -0.39 is 0 Å². The lowest BCUT2D eigenvalue weighted by molar-refractivity contribution is -0.000200. The second-order valence-corrected chi connectivity index (χ2v) is 4.10. The zero-order chi connectivity index (χ0) is 9.14. The van der Waals surface area contributed by atoms with Crippen LogP contribution in [0.3, 0.4) is 0 Å². The summed E-state index contributed by atoms with van der Waals surface area (Å²) in [4.78, 5) is 0. The highest BCUT2D eigenvalue weighted by Gasteiger charge is 2.31. The summed E-state index contributed by atoms with van der Waals surface area (Å²) in [6.07, 6.45) is 4.16. The van der Waals surface area contributed by atoms with E-state index >= 15 is 0 Å². The highest BCUT2D eigenvalue weighted by molar-refractivity contribution is 4.81. The maximum atomic E-state index is 9.48. The zero-order valence-electron chi connectivity index (χ0n) is 8.03. The summed E-state index contributed by atoms with van der Waals surface area (Å²) >= 11 is 0. The van der Waals surface area contributed by atoms with Crippen LogP contribution >= 0.6 is 0 Å². The Labute approximate surface area is 74.6 Å². The predicted octanol–water partition coefficient (Wildman–Crippen LogP) is 1.55. The fourth-order valence-electron chi connectivity index (χ4n) is 2.53. The van der Waals surface area contributed by atoms with Crippen molar-refractivity contribution in [3.8, 4) is 0 Å². The molecule has 0 radical (unpaired) electrons. The summed E-state index contributed by atoms with van der Waals surface area (Å²) in [6.45, 7) is 3.57. The average molecular weight is 172 g/mol. The van der Waals surface area contributed by atoms with Crippen molar-refractivity contribution >= 4 is 0 Å². The summed E-state index contributed by atoms with van der Waals surface area (Å²) < 4.78 is 0. The van der Waals surface area contributed by atoms with Crippen molar-refractivity contribution in [3.05, 3.63) is 0 Å². The lowest BCUT2D eigenvalue weighted by Gasteiger charge is -2.28. The molecule has 0 amide bonds. The van der Waals surface area contributed by atoms with Gasteiger partial charge in [0, 0.05) is 5.92 Å². The van der Waals surface area contributed by atoms with Gasteiger partial charge in [0.2, 0.25) is 0 Å². The minimum Gasteiger partial charge on any atom is -0.393 e. The molecule has 12 heavy (non-hydrogen) atoms. The van der Waals surface area contributed by atoms with Crippen LogP contribution in [0.15, 0.2) is 0 Å². The van der Waals surface area contributed by atoms with Crippen LogP contribution < -0.4 is 0 Å². The topological polar surface area (TPSA) is 40.5 Å². The van der Waals surface area contributed by atoms with Crippen molar-refractivity contribution in [2.75, 3.05) is 0 Å². The SMILES string of the molecule is CC(O)C(C(C)O)C1CCCC1. The molecule has 2 atom stereocenters. The fourth-order valence-corrected chi connectivity index (χ4v) is 2.53. The highest BCUT2D eigenvalue weighted by Crippen LogP contribution is 2.34. The van der Waals surface area contributed by atoms with Gasteiger partial charge in [-0.3, -0.25) is 0 Å². The van der Waals surface area contributed by atoms with Crippen molar-refractivity contribution < 1.29 is 10.2 Å². The zero-order valence-corrected chi connectivity index (χ0v) is 8.03. The molecule has 2 heteroatoms. The Hall–Kier alpha value is -0.0800. The molecule has 0 bridgehead atoms. The Morgan fingerprint density at radius 1 is 1.00 bits per heavy atom. The first-order valence-corrected chi connectivity index (χ1v) is 4.99. The van der Waals surface area contributed by atoms with Crippen molar-refractivity contribution in [1.29, 1.82) is 0 Å². The van der Waals surface area contributed by atoms with E-state index in [4.69, 9.17) is 0 Å². The molecular weight excluding hydrogens is 152 g/mol. The molecular formula is C10H20O2. The van der Waals surface area contributed by atoms with Gasteiger partial charge in [-0.1, -0.05) is 12.8 Å². The van der Waals surface area contributed by atoms with E-state index in [9.17, 15) is 10.2 Å². The predicted molar refractivity (Wildman–Crippen MR) is 48.8 cm³/mol. The molecule has 72 valence electrons. The number of hydrogen-bond donors (Lipinski definition) is 2. The van der Waals surface area contributed by atoms with Gasteiger partial charge in [0.15, 0.2) is 0 Å². The molecule has 1 rings (SSSR count). The van der Waals surface area contributed by atoms with Gasteiger partial charge < -0.3 is 10.2 Å². The molecule has 0 saturated heterocycles. The Morgan fingerprint density at radius 2 is 1.42 bits per heavy atom.